The number of hydrogen-bond acceptors (Lipinski definition) is 6. The molecule has 2 N–H and O–H groups in total. The third-order valence-electron chi connectivity index (χ3n) is 4.52. The van der Waals surface area contributed by atoms with Gasteiger partial charge in [0.05, 0.1) is 13.2 Å². The molecule has 1 aromatic heterocycles. The number of nitrogens with two attached hydrogens (primary N) is 1. The van der Waals surface area contributed by atoms with Gasteiger partial charge in [-0.1, -0.05) is 0 Å². The van der Waals surface area contributed by atoms with Crippen molar-refractivity contribution in [3.05, 3.63) is 17.5 Å². The second-order valence-corrected chi connectivity index (χ2v) is 6.43. The lowest BCUT2D eigenvalue weighted by molar-refractivity contribution is 0.0223. The molecule has 3 rings (SSSR count). The normalized spacial score (nSPS) is 23.0. The number of carbonyl (C=O) groups is 1. The number of nitrogens with zero attached hydrogens (tertiary/aromatic N) is 4. The monoisotopic (exact) mass is 319 g/mol. The summed E-state index contributed by atoms with van der Waals surface area (Å²) in [6, 6.07) is 1.71. The first-order chi connectivity index (χ1) is 11.1. The van der Waals surface area contributed by atoms with Gasteiger partial charge < -0.3 is 15.4 Å². The molecule has 0 aliphatic carbocycles. The summed E-state index contributed by atoms with van der Waals surface area (Å²) in [5.41, 5.74) is 6.80. The van der Waals surface area contributed by atoms with E-state index in [1.807, 2.05) is 11.8 Å². The second-order valence-electron chi connectivity index (χ2n) is 6.43. The third kappa shape index (κ3) is 4.17. The topological polar surface area (TPSA) is 84.6 Å². The molecule has 0 spiro atoms. The predicted molar refractivity (Wildman–Crippen MR) is 87.1 cm³/mol. The Kier molecular flexibility index (Phi) is 5.07. The molecule has 0 aromatic carbocycles. The molecule has 0 unspecified atom stereocenters. The van der Waals surface area contributed by atoms with Gasteiger partial charge in [-0.3, -0.25) is 9.69 Å². The predicted octanol–water partition coefficient (Wildman–Crippen LogP) is 0.552. The first-order valence-corrected chi connectivity index (χ1v) is 8.32. The van der Waals surface area contributed by atoms with E-state index in [0.29, 0.717) is 11.6 Å². The largest absolute Gasteiger partial charge is 0.379 e. The van der Waals surface area contributed by atoms with Gasteiger partial charge in [0, 0.05) is 38.4 Å². The Balaban J connectivity index is 1.62. The lowest BCUT2D eigenvalue weighted by Crippen LogP contribution is -2.46. The molecular formula is C16H25N5O2. The van der Waals surface area contributed by atoms with Crippen LogP contribution in [-0.2, 0) is 4.74 Å². The number of amides is 1. The van der Waals surface area contributed by atoms with Crippen molar-refractivity contribution in [2.45, 2.75) is 19.8 Å². The molecule has 7 nitrogen and oxygen atoms in total. The van der Waals surface area contributed by atoms with E-state index in [-0.39, 0.29) is 11.9 Å². The molecule has 2 fully saturated rings. The van der Waals surface area contributed by atoms with E-state index < -0.39 is 0 Å². The number of piperidine rings is 1. The Hall–Kier alpha value is -1.73. The van der Waals surface area contributed by atoms with Crippen LogP contribution < -0.4 is 5.73 Å². The summed E-state index contributed by atoms with van der Waals surface area (Å²) in [5, 5.41) is 0. The molecule has 7 heteroatoms. The minimum Gasteiger partial charge on any atom is -0.379 e. The van der Waals surface area contributed by atoms with Crippen molar-refractivity contribution in [2.75, 3.05) is 51.7 Å². The third-order valence-corrected chi connectivity index (χ3v) is 4.52. The SMILES string of the molecule is Cc1cc(C(=O)N2CCC[C@H](CN3CCOCC3)C2)nc(N)n1. The number of rotatable bonds is 3. The number of morpholine rings is 1. The molecule has 1 amide bonds. The van der Waals surface area contributed by atoms with E-state index in [0.717, 1.165) is 58.1 Å². The first-order valence-electron chi connectivity index (χ1n) is 8.32. The number of hydrogen-bond donors (Lipinski definition) is 1. The van der Waals surface area contributed by atoms with E-state index in [9.17, 15) is 4.79 Å². The number of aromatic nitrogens is 2. The second kappa shape index (κ2) is 7.23. The minimum absolute atomic E-state index is 0.0334. The van der Waals surface area contributed by atoms with E-state index in [2.05, 4.69) is 14.9 Å². The number of ether oxygens (including phenoxy) is 1. The van der Waals surface area contributed by atoms with Crippen LogP contribution in [0.3, 0.4) is 0 Å². The van der Waals surface area contributed by atoms with Crippen LogP contribution in [-0.4, -0.2) is 71.6 Å². The maximum absolute atomic E-state index is 12.7. The average Bonchev–Trinajstić information content (AvgIpc) is 2.54. The standard InChI is InChI=1S/C16H25N5O2/c1-12-9-14(19-16(17)18-12)15(22)21-4-2-3-13(11-21)10-20-5-7-23-8-6-20/h9,13H,2-8,10-11H2,1H3,(H2,17,18,19)/t13-/m1/s1. The summed E-state index contributed by atoms with van der Waals surface area (Å²) in [4.78, 5) is 25.2. The zero-order valence-corrected chi connectivity index (χ0v) is 13.7. The smallest absolute Gasteiger partial charge is 0.272 e. The fraction of sp³-hybridized carbons (Fsp3) is 0.688. The summed E-state index contributed by atoms with van der Waals surface area (Å²) in [6.45, 7) is 8.06. The molecule has 3 heterocycles. The average molecular weight is 319 g/mol. The summed E-state index contributed by atoms with van der Waals surface area (Å²) in [7, 11) is 0. The summed E-state index contributed by atoms with van der Waals surface area (Å²) in [6.07, 6.45) is 2.21. The van der Waals surface area contributed by atoms with Gasteiger partial charge in [0.15, 0.2) is 0 Å². The van der Waals surface area contributed by atoms with E-state index in [1.54, 1.807) is 6.07 Å². The van der Waals surface area contributed by atoms with Crippen molar-refractivity contribution in [3.63, 3.8) is 0 Å². The van der Waals surface area contributed by atoms with E-state index in [1.165, 1.54) is 6.42 Å². The summed E-state index contributed by atoms with van der Waals surface area (Å²) >= 11 is 0. The Morgan fingerprint density at radius 3 is 2.87 bits per heavy atom. The first kappa shape index (κ1) is 16.1. The summed E-state index contributed by atoms with van der Waals surface area (Å²) < 4.78 is 5.40. The highest BCUT2D eigenvalue weighted by atomic mass is 16.5. The molecule has 0 saturated carbocycles. The zero-order chi connectivity index (χ0) is 16.2. The number of anilines is 1. The van der Waals surface area contributed by atoms with Gasteiger partial charge in [-0.2, -0.15) is 0 Å². The van der Waals surface area contributed by atoms with Crippen LogP contribution in [0.4, 0.5) is 5.95 Å². The lowest BCUT2D eigenvalue weighted by atomic mass is 9.97. The van der Waals surface area contributed by atoms with Crippen LogP contribution >= 0.6 is 0 Å². The molecule has 2 aliphatic rings. The van der Waals surface area contributed by atoms with Crippen LogP contribution in [0.25, 0.3) is 0 Å². The van der Waals surface area contributed by atoms with Gasteiger partial charge in [0.2, 0.25) is 5.95 Å². The molecular weight excluding hydrogens is 294 g/mol. The Bertz CT molecular complexity index is 539. The quantitative estimate of drug-likeness (QED) is 0.876. The molecule has 2 aliphatic heterocycles. The maximum Gasteiger partial charge on any atom is 0.272 e. The highest BCUT2D eigenvalue weighted by Crippen LogP contribution is 2.20. The molecule has 1 aromatic rings. The highest BCUT2D eigenvalue weighted by molar-refractivity contribution is 5.92. The molecule has 2 saturated heterocycles. The molecule has 23 heavy (non-hydrogen) atoms. The van der Waals surface area contributed by atoms with Crippen molar-refractivity contribution >= 4 is 11.9 Å². The molecule has 1 atom stereocenters. The fourth-order valence-corrected chi connectivity index (χ4v) is 3.41. The van der Waals surface area contributed by atoms with Gasteiger partial charge >= 0.3 is 0 Å². The zero-order valence-electron chi connectivity index (χ0n) is 13.7. The van der Waals surface area contributed by atoms with Crippen molar-refractivity contribution in [1.82, 2.24) is 19.8 Å². The molecule has 0 bridgehead atoms. The summed E-state index contributed by atoms with van der Waals surface area (Å²) in [5.74, 6) is 0.648. The lowest BCUT2D eigenvalue weighted by Gasteiger charge is -2.36. The Morgan fingerprint density at radius 1 is 1.35 bits per heavy atom. The number of carbonyl (C=O) groups excluding carboxylic acids is 1. The van der Waals surface area contributed by atoms with Gasteiger partial charge in [-0.15, -0.1) is 0 Å². The Labute approximate surface area is 136 Å². The van der Waals surface area contributed by atoms with Crippen LogP contribution in [0.5, 0.6) is 0 Å². The number of nitrogen functional groups attached to an aromatic ring is 1. The van der Waals surface area contributed by atoms with Gasteiger partial charge in [-0.05, 0) is 31.7 Å². The van der Waals surface area contributed by atoms with Crippen molar-refractivity contribution in [2.24, 2.45) is 5.92 Å². The molecule has 126 valence electrons. The van der Waals surface area contributed by atoms with Crippen molar-refractivity contribution < 1.29 is 9.53 Å². The number of aryl methyl sites for hydroxylation is 1. The van der Waals surface area contributed by atoms with E-state index in [4.69, 9.17) is 10.5 Å². The number of likely N-dealkylation sites (tertiary alicyclic amines) is 1. The van der Waals surface area contributed by atoms with Crippen LogP contribution in [0.15, 0.2) is 6.07 Å². The minimum atomic E-state index is -0.0334. The van der Waals surface area contributed by atoms with Crippen LogP contribution in [0.1, 0.15) is 29.0 Å². The Morgan fingerprint density at radius 2 is 2.13 bits per heavy atom. The van der Waals surface area contributed by atoms with Crippen LogP contribution in [0.2, 0.25) is 0 Å². The fourth-order valence-electron chi connectivity index (χ4n) is 3.41. The van der Waals surface area contributed by atoms with E-state index >= 15 is 0 Å². The highest BCUT2D eigenvalue weighted by Gasteiger charge is 2.27. The van der Waals surface area contributed by atoms with Crippen molar-refractivity contribution in [3.8, 4) is 0 Å². The maximum atomic E-state index is 12.7. The van der Waals surface area contributed by atoms with Gasteiger partial charge in [0.1, 0.15) is 5.69 Å². The van der Waals surface area contributed by atoms with Gasteiger partial charge in [-0.25, -0.2) is 9.97 Å². The van der Waals surface area contributed by atoms with Crippen LogP contribution in [0, 0.1) is 12.8 Å². The van der Waals surface area contributed by atoms with Crippen molar-refractivity contribution in [1.29, 1.82) is 0 Å². The van der Waals surface area contributed by atoms with Gasteiger partial charge in [0.25, 0.3) is 5.91 Å². The molecule has 0 radical (unpaired) electrons.